The van der Waals surface area contributed by atoms with Crippen LogP contribution in [0.5, 0.6) is 17.2 Å². The van der Waals surface area contributed by atoms with Crippen molar-refractivity contribution in [2.45, 2.75) is 58.0 Å². The van der Waals surface area contributed by atoms with E-state index in [2.05, 4.69) is 26.8 Å². The largest absolute Gasteiger partial charge is 0.493 e. The molecule has 3 nitrogen and oxygen atoms in total. The van der Waals surface area contributed by atoms with Crippen LogP contribution in [0.2, 0.25) is 0 Å². The van der Waals surface area contributed by atoms with Gasteiger partial charge < -0.3 is 14.2 Å². The van der Waals surface area contributed by atoms with Crippen LogP contribution < -0.4 is 14.2 Å². The van der Waals surface area contributed by atoms with E-state index >= 15 is 0 Å². The van der Waals surface area contributed by atoms with Gasteiger partial charge in [-0.3, -0.25) is 0 Å². The van der Waals surface area contributed by atoms with Crippen molar-refractivity contribution in [1.82, 2.24) is 0 Å². The van der Waals surface area contributed by atoms with Gasteiger partial charge in [-0.25, -0.2) is 0 Å². The Labute approximate surface area is 122 Å². The highest BCUT2D eigenvalue weighted by atomic mass is 16.5. The molecule has 20 heavy (non-hydrogen) atoms. The standard InChI is InChI=1S/C17H26O3/c1-6-7-8-12-11-17(2,3)13-9-15(18-4)16(19-5)10-14(13)20-12/h9-10,12H,6-8,11H2,1-5H3. The fourth-order valence-electron chi connectivity index (χ4n) is 2.98. The molecule has 2 rings (SSSR count). The van der Waals surface area contributed by atoms with Crippen LogP contribution in [-0.2, 0) is 5.41 Å². The van der Waals surface area contributed by atoms with Crippen molar-refractivity contribution < 1.29 is 14.2 Å². The van der Waals surface area contributed by atoms with E-state index in [9.17, 15) is 0 Å². The molecule has 0 aliphatic carbocycles. The van der Waals surface area contributed by atoms with E-state index in [1.165, 1.54) is 18.4 Å². The quantitative estimate of drug-likeness (QED) is 0.802. The zero-order chi connectivity index (χ0) is 14.8. The molecule has 3 heteroatoms. The SMILES string of the molecule is CCCCC1CC(C)(C)c2cc(OC)c(OC)cc2O1. The molecule has 1 aromatic carbocycles. The summed E-state index contributed by atoms with van der Waals surface area (Å²) in [4.78, 5) is 0. The third-order valence-corrected chi connectivity index (χ3v) is 4.13. The van der Waals surface area contributed by atoms with Crippen molar-refractivity contribution in [3.05, 3.63) is 17.7 Å². The van der Waals surface area contributed by atoms with Crippen molar-refractivity contribution in [3.63, 3.8) is 0 Å². The summed E-state index contributed by atoms with van der Waals surface area (Å²) < 4.78 is 17.0. The molecule has 1 unspecified atom stereocenters. The molecule has 0 amide bonds. The van der Waals surface area contributed by atoms with E-state index in [1.54, 1.807) is 14.2 Å². The normalized spacial score (nSPS) is 19.9. The summed E-state index contributed by atoms with van der Waals surface area (Å²) in [5.41, 5.74) is 1.31. The molecule has 0 radical (unpaired) electrons. The number of benzene rings is 1. The second-order valence-electron chi connectivity index (χ2n) is 6.17. The van der Waals surface area contributed by atoms with Crippen molar-refractivity contribution in [2.24, 2.45) is 0 Å². The topological polar surface area (TPSA) is 27.7 Å². The van der Waals surface area contributed by atoms with Gasteiger partial charge in [0.2, 0.25) is 0 Å². The Kier molecular flexibility index (Phi) is 4.46. The molecule has 0 saturated carbocycles. The number of methoxy groups -OCH3 is 2. The van der Waals surface area contributed by atoms with Gasteiger partial charge in [0.05, 0.1) is 20.3 Å². The molecule has 1 atom stereocenters. The second-order valence-corrected chi connectivity index (χ2v) is 6.17. The summed E-state index contributed by atoms with van der Waals surface area (Å²) in [5, 5.41) is 0. The van der Waals surface area contributed by atoms with Gasteiger partial charge in [0.1, 0.15) is 5.75 Å². The molecule has 0 fully saturated rings. The lowest BCUT2D eigenvalue weighted by Crippen LogP contribution is -2.34. The van der Waals surface area contributed by atoms with E-state index in [0.717, 1.165) is 30.1 Å². The van der Waals surface area contributed by atoms with Gasteiger partial charge >= 0.3 is 0 Å². The first-order chi connectivity index (χ1) is 9.51. The fourth-order valence-corrected chi connectivity index (χ4v) is 2.98. The van der Waals surface area contributed by atoms with Crippen LogP contribution in [0.25, 0.3) is 0 Å². The monoisotopic (exact) mass is 278 g/mol. The number of unbranched alkanes of at least 4 members (excludes halogenated alkanes) is 1. The predicted octanol–water partition coefficient (Wildman–Crippen LogP) is 4.32. The lowest BCUT2D eigenvalue weighted by atomic mass is 9.76. The first-order valence-corrected chi connectivity index (χ1v) is 7.45. The second kappa shape index (κ2) is 5.94. The van der Waals surface area contributed by atoms with Crippen LogP contribution in [0.4, 0.5) is 0 Å². The number of fused-ring (bicyclic) bond motifs is 1. The van der Waals surface area contributed by atoms with Crippen molar-refractivity contribution in [3.8, 4) is 17.2 Å². The lowest BCUT2D eigenvalue weighted by Gasteiger charge is -2.38. The summed E-state index contributed by atoms with van der Waals surface area (Å²) in [6.07, 6.45) is 4.89. The summed E-state index contributed by atoms with van der Waals surface area (Å²) >= 11 is 0. The first kappa shape index (κ1) is 15.0. The smallest absolute Gasteiger partial charge is 0.164 e. The third kappa shape index (κ3) is 2.87. The molecule has 0 N–H and O–H groups in total. The Bertz CT molecular complexity index is 466. The zero-order valence-electron chi connectivity index (χ0n) is 13.3. The molecule has 1 aromatic rings. The average molecular weight is 278 g/mol. The van der Waals surface area contributed by atoms with Crippen molar-refractivity contribution >= 4 is 0 Å². The highest BCUT2D eigenvalue weighted by Gasteiger charge is 2.35. The maximum atomic E-state index is 6.18. The fraction of sp³-hybridized carbons (Fsp3) is 0.647. The summed E-state index contributed by atoms with van der Waals surface area (Å²) in [6, 6.07) is 4.03. The minimum absolute atomic E-state index is 0.103. The Morgan fingerprint density at radius 1 is 1.20 bits per heavy atom. The van der Waals surface area contributed by atoms with E-state index in [4.69, 9.17) is 14.2 Å². The predicted molar refractivity (Wildman–Crippen MR) is 81.1 cm³/mol. The van der Waals surface area contributed by atoms with Crippen LogP contribution in [-0.4, -0.2) is 20.3 Å². The number of hydrogen-bond donors (Lipinski definition) is 0. The minimum Gasteiger partial charge on any atom is -0.493 e. The first-order valence-electron chi connectivity index (χ1n) is 7.45. The molecule has 0 spiro atoms. The van der Waals surface area contributed by atoms with Gasteiger partial charge in [0.25, 0.3) is 0 Å². The van der Waals surface area contributed by atoms with Gasteiger partial charge in [0.15, 0.2) is 11.5 Å². The third-order valence-electron chi connectivity index (χ3n) is 4.13. The van der Waals surface area contributed by atoms with E-state index < -0.39 is 0 Å². The number of rotatable bonds is 5. The number of ether oxygens (including phenoxy) is 3. The molecule has 1 aliphatic heterocycles. The Balaban J connectivity index is 2.35. The van der Waals surface area contributed by atoms with Gasteiger partial charge in [-0.15, -0.1) is 0 Å². The minimum atomic E-state index is 0.103. The zero-order valence-corrected chi connectivity index (χ0v) is 13.3. The van der Waals surface area contributed by atoms with Gasteiger partial charge in [-0.2, -0.15) is 0 Å². The lowest BCUT2D eigenvalue weighted by molar-refractivity contribution is 0.123. The van der Waals surface area contributed by atoms with E-state index in [-0.39, 0.29) is 5.41 Å². The maximum Gasteiger partial charge on any atom is 0.164 e. The summed E-state index contributed by atoms with van der Waals surface area (Å²) in [7, 11) is 3.33. The highest BCUT2D eigenvalue weighted by molar-refractivity contribution is 5.54. The van der Waals surface area contributed by atoms with Crippen molar-refractivity contribution in [1.29, 1.82) is 0 Å². The van der Waals surface area contributed by atoms with Crippen LogP contribution in [0, 0.1) is 0 Å². The molecular weight excluding hydrogens is 252 g/mol. The van der Waals surface area contributed by atoms with E-state index in [1.807, 2.05) is 6.07 Å². The van der Waals surface area contributed by atoms with E-state index in [0.29, 0.717) is 6.10 Å². The molecule has 1 aliphatic rings. The summed E-state index contributed by atoms with van der Waals surface area (Å²) in [5.74, 6) is 2.45. The maximum absolute atomic E-state index is 6.18. The van der Waals surface area contributed by atoms with Gasteiger partial charge in [0, 0.05) is 11.6 Å². The Morgan fingerprint density at radius 2 is 1.85 bits per heavy atom. The number of hydrogen-bond acceptors (Lipinski definition) is 3. The Morgan fingerprint density at radius 3 is 2.45 bits per heavy atom. The van der Waals surface area contributed by atoms with Crippen molar-refractivity contribution in [2.75, 3.05) is 14.2 Å². The van der Waals surface area contributed by atoms with Crippen LogP contribution in [0.1, 0.15) is 52.0 Å². The average Bonchev–Trinajstić information content (AvgIpc) is 2.43. The highest BCUT2D eigenvalue weighted by Crippen LogP contribution is 2.46. The molecular formula is C17H26O3. The molecule has 0 aromatic heterocycles. The van der Waals surface area contributed by atoms with Crippen LogP contribution in [0.15, 0.2) is 12.1 Å². The van der Waals surface area contributed by atoms with Crippen LogP contribution in [0.3, 0.4) is 0 Å². The molecule has 0 saturated heterocycles. The van der Waals surface area contributed by atoms with Gasteiger partial charge in [-0.05, 0) is 24.3 Å². The van der Waals surface area contributed by atoms with Crippen LogP contribution >= 0.6 is 0 Å². The molecule has 1 heterocycles. The Hall–Kier alpha value is -1.38. The molecule has 0 bridgehead atoms. The van der Waals surface area contributed by atoms with Gasteiger partial charge in [-0.1, -0.05) is 33.6 Å². The molecule has 112 valence electrons. The summed E-state index contributed by atoms with van der Waals surface area (Å²) in [6.45, 7) is 6.77.